The van der Waals surface area contributed by atoms with Crippen molar-refractivity contribution < 1.29 is 8.23 Å². The zero-order valence-electron chi connectivity index (χ0n) is 8.45. The van der Waals surface area contributed by atoms with Crippen LogP contribution >= 0.6 is 33.2 Å². The summed E-state index contributed by atoms with van der Waals surface area (Å²) >= 11 is 17.8. The van der Waals surface area contributed by atoms with Crippen molar-refractivity contribution in [2.45, 2.75) is 32.7 Å². The molecule has 0 aromatic carbocycles. The monoisotopic (exact) mass is 296 g/mol. The summed E-state index contributed by atoms with van der Waals surface area (Å²) in [7, 11) is -4.33. The molecule has 0 aromatic rings. The summed E-state index contributed by atoms with van der Waals surface area (Å²) in [6.07, 6.45) is 0. The largest absolute Gasteiger partial charge is 0.425 e. The van der Waals surface area contributed by atoms with Gasteiger partial charge >= 0.3 is 15.5 Å². The van der Waals surface area contributed by atoms with Crippen molar-refractivity contribution in [2.24, 2.45) is 0 Å². The second-order valence-corrected chi connectivity index (χ2v) is 20.2. The minimum Gasteiger partial charge on any atom is -0.425 e. The van der Waals surface area contributed by atoms with E-state index in [4.69, 9.17) is 41.5 Å². The maximum Gasteiger partial charge on any atom is 0.377 e. The zero-order valence-corrected chi connectivity index (χ0v) is 13.7. The van der Waals surface area contributed by atoms with Gasteiger partial charge in [-0.3, -0.25) is 0 Å². The molecule has 0 rings (SSSR count). The first kappa shape index (κ1) is 14.4. The highest BCUT2D eigenvalue weighted by atomic mass is 35.7. The van der Waals surface area contributed by atoms with Gasteiger partial charge in [0.1, 0.15) is 0 Å². The topological polar surface area (TPSA) is 18.5 Å². The van der Waals surface area contributed by atoms with Crippen LogP contribution < -0.4 is 0 Å². The zero-order chi connectivity index (χ0) is 10.9. The van der Waals surface area contributed by atoms with Crippen LogP contribution in [-0.2, 0) is 8.23 Å². The van der Waals surface area contributed by atoms with E-state index in [2.05, 4.69) is 0 Å². The molecule has 0 N–H and O–H groups in total. The Balaban J connectivity index is 4.25. The molecule has 0 saturated carbocycles. The molecular weight excluding hydrogens is 283 g/mol. The van der Waals surface area contributed by atoms with Crippen LogP contribution in [0.1, 0.15) is 0 Å². The summed E-state index contributed by atoms with van der Waals surface area (Å²) in [5.41, 5.74) is 0. The quantitative estimate of drug-likeness (QED) is 0.582. The van der Waals surface area contributed by atoms with Crippen LogP contribution in [0.3, 0.4) is 0 Å². The molecule has 8 heteroatoms. The molecule has 0 fully saturated rings. The molecule has 0 heterocycles. The molecule has 0 radical (unpaired) electrons. The van der Waals surface area contributed by atoms with Crippen molar-refractivity contribution in [3.05, 3.63) is 0 Å². The van der Waals surface area contributed by atoms with Crippen LogP contribution in [0, 0.1) is 0 Å². The maximum atomic E-state index is 6.05. The highest BCUT2D eigenvalue weighted by Gasteiger charge is 2.39. The summed E-state index contributed by atoms with van der Waals surface area (Å²) in [6.45, 7) is 6.76. The molecule has 0 amide bonds. The molecule has 0 aromatic heterocycles. The minimum absolute atomic E-state index is 1.71. The van der Waals surface area contributed by atoms with Crippen molar-refractivity contribution >= 4 is 56.4 Å². The Kier molecular flexibility index (Phi) is 5.03. The van der Waals surface area contributed by atoms with Gasteiger partial charge in [-0.25, -0.2) is 0 Å². The van der Waals surface area contributed by atoms with Crippen LogP contribution in [0.15, 0.2) is 0 Å². The van der Waals surface area contributed by atoms with E-state index >= 15 is 0 Å². The van der Waals surface area contributed by atoms with E-state index < -0.39 is 23.1 Å². The lowest BCUT2D eigenvalue weighted by Gasteiger charge is -2.32. The molecule has 0 aliphatic heterocycles. The van der Waals surface area contributed by atoms with E-state index in [0.29, 0.717) is 0 Å². The van der Waals surface area contributed by atoms with Gasteiger partial charge in [0.2, 0.25) is 0 Å². The van der Waals surface area contributed by atoms with Gasteiger partial charge in [-0.2, -0.15) is 0 Å². The van der Waals surface area contributed by atoms with Gasteiger partial charge < -0.3 is 8.23 Å². The molecule has 0 bridgehead atoms. The van der Waals surface area contributed by atoms with Crippen LogP contribution in [-0.4, -0.2) is 23.1 Å². The van der Waals surface area contributed by atoms with E-state index in [9.17, 15) is 0 Å². The fraction of sp³-hybridized carbons (Fsp3) is 1.00. The van der Waals surface area contributed by atoms with E-state index in [-0.39, 0.29) is 0 Å². The SMILES string of the molecule is C[Si](C)(Cl)O[Si](C)(C)O[Si](C)(Cl)Cl. The van der Waals surface area contributed by atoms with E-state index in [1.807, 2.05) is 26.2 Å². The Morgan fingerprint density at radius 2 is 1.15 bits per heavy atom. The summed E-state index contributed by atoms with van der Waals surface area (Å²) in [5.74, 6) is 0. The fourth-order valence-electron chi connectivity index (χ4n) is 1.04. The Morgan fingerprint density at radius 1 is 0.769 bits per heavy atom. The molecule has 0 spiro atoms. The van der Waals surface area contributed by atoms with Gasteiger partial charge in [0.05, 0.1) is 0 Å². The molecule has 0 aliphatic rings. The Bertz CT molecular complexity index is 157. The third kappa shape index (κ3) is 9.74. The maximum absolute atomic E-state index is 6.05. The normalized spacial score (nSPS) is 14.8. The molecule has 0 saturated heterocycles. The van der Waals surface area contributed by atoms with Crippen molar-refractivity contribution in [3.63, 3.8) is 0 Å². The number of halogens is 3. The highest BCUT2D eigenvalue weighted by molar-refractivity contribution is 7.43. The molecule has 13 heavy (non-hydrogen) atoms. The average molecular weight is 298 g/mol. The molecule has 0 atom stereocenters. The van der Waals surface area contributed by atoms with Crippen LogP contribution in [0.4, 0.5) is 0 Å². The third-order valence-corrected chi connectivity index (χ3v) is 10.3. The predicted molar refractivity (Wildman–Crippen MR) is 66.3 cm³/mol. The van der Waals surface area contributed by atoms with E-state index in [1.165, 1.54) is 0 Å². The van der Waals surface area contributed by atoms with Crippen molar-refractivity contribution in [1.29, 1.82) is 0 Å². The first-order valence-electron chi connectivity index (χ1n) is 3.88. The second-order valence-electron chi connectivity index (χ2n) is 3.78. The van der Waals surface area contributed by atoms with Crippen LogP contribution in [0.25, 0.3) is 0 Å². The molecule has 80 valence electrons. The molecule has 0 unspecified atom stereocenters. The lowest BCUT2D eigenvalue weighted by Crippen LogP contribution is -2.48. The van der Waals surface area contributed by atoms with Gasteiger partial charge in [-0.15, -0.1) is 33.2 Å². The van der Waals surface area contributed by atoms with Gasteiger partial charge in [0, 0.05) is 0 Å². The van der Waals surface area contributed by atoms with E-state index in [1.54, 1.807) is 6.55 Å². The fourth-order valence-corrected chi connectivity index (χ4v) is 14.7. The number of hydrogen-bond donors (Lipinski definition) is 0. The molecular formula is C5H15Cl3O2Si3. The lowest BCUT2D eigenvalue weighted by atomic mass is 11.9. The number of hydrogen-bond acceptors (Lipinski definition) is 2. The molecule has 2 nitrogen and oxygen atoms in total. The Labute approximate surface area is 97.1 Å². The first-order valence-corrected chi connectivity index (χ1v) is 15.1. The van der Waals surface area contributed by atoms with Gasteiger partial charge in [0.25, 0.3) is 7.63 Å². The Hall–Kier alpha value is 1.44. The van der Waals surface area contributed by atoms with Crippen molar-refractivity contribution in [3.8, 4) is 0 Å². The Morgan fingerprint density at radius 3 is 1.38 bits per heavy atom. The first-order chi connectivity index (χ1) is 5.41. The summed E-state index contributed by atoms with van der Waals surface area (Å²) in [6, 6.07) is 0. The summed E-state index contributed by atoms with van der Waals surface area (Å²) in [4.78, 5) is 0. The third-order valence-electron chi connectivity index (χ3n) is 0.913. The van der Waals surface area contributed by atoms with E-state index in [0.717, 1.165) is 0 Å². The van der Waals surface area contributed by atoms with Crippen LogP contribution in [0.5, 0.6) is 0 Å². The standard InChI is InChI=1S/C5H15Cl3O2Si3/c1-11(2,6)9-12(3,4)10-13(5,7)8/h1-5H3. The van der Waals surface area contributed by atoms with Gasteiger partial charge in [-0.05, 0) is 32.7 Å². The molecule has 0 aliphatic carbocycles. The average Bonchev–Trinajstić information content (AvgIpc) is 1.43. The lowest BCUT2D eigenvalue weighted by molar-refractivity contribution is 0.412. The van der Waals surface area contributed by atoms with Gasteiger partial charge in [0.15, 0.2) is 0 Å². The predicted octanol–water partition coefficient (Wildman–Crippen LogP) is 3.71. The minimum atomic E-state index is -2.55. The highest BCUT2D eigenvalue weighted by Crippen LogP contribution is 2.25. The van der Waals surface area contributed by atoms with Crippen molar-refractivity contribution in [1.82, 2.24) is 0 Å². The smallest absolute Gasteiger partial charge is 0.377 e. The van der Waals surface area contributed by atoms with Crippen molar-refractivity contribution in [2.75, 3.05) is 0 Å². The summed E-state index contributed by atoms with van der Waals surface area (Å²) in [5, 5.41) is 0. The number of rotatable bonds is 4. The van der Waals surface area contributed by atoms with Gasteiger partial charge in [-0.1, -0.05) is 0 Å². The van der Waals surface area contributed by atoms with Crippen LogP contribution in [0.2, 0.25) is 32.7 Å². The second kappa shape index (κ2) is 4.53. The summed E-state index contributed by atoms with van der Waals surface area (Å²) < 4.78 is 11.2.